The van der Waals surface area contributed by atoms with Crippen LogP contribution in [0.2, 0.25) is 16.6 Å². The van der Waals surface area contributed by atoms with Crippen LogP contribution in [0.4, 0.5) is 19.0 Å². The van der Waals surface area contributed by atoms with E-state index in [0.717, 1.165) is 38.6 Å². The van der Waals surface area contributed by atoms with Gasteiger partial charge in [-0.05, 0) is 78.9 Å². The van der Waals surface area contributed by atoms with Gasteiger partial charge in [0.05, 0.1) is 23.1 Å². The van der Waals surface area contributed by atoms with Gasteiger partial charge in [-0.2, -0.15) is 9.97 Å². The molecule has 310 valence electrons. The van der Waals surface area contributed by atoms with Crippen LogP contribution in [0, 0.1) is 23.1 Å². The highest BCUT2D eigenvalue weighted by Crippen LogP contribution is 2.50. The second-order valence-corrected chi connectivity index (χ2v) is 23.4. The van der Waals surface area contributed by atoms with Gasteiger partial charge in [0.25, 0.3) is 0 Å². The van der Waals surface area contributed by atoms with E-state index in [1.165, 1.54) is 13.2 Å². The van der Waals surface area contributed by atoms with E-state index in [1.54, 1.807) is 24.4 Å². The lowest BCUT2D eigenvalue weighted by Crippen LogP contribution is -2.43. The Morgan fingerprint density at radius 1 is 0.966 bits per heavy atom. The van der Waals surface area contributed by atoms with Gasteiger partial charge in [0, 0.05) is 55.9 Å². The first-order valence-electron chi connectivity index (χ1n) is 21.0. The molecule has 2 aromatic carbocycles. The first kappa shape index (κ1) is 40.8. The Labute approximate surface area is 341 Å². The van der Waals surface area contributed by atoms with Crippen LogP contribution in [0.1, 0.15) is 85.6 Å². The van der Waals surface area contributed by atoms with Crippen LogP contribution in [0.3, 0.4) is 0 Å². The summed E-state index contributed by atoms with van der Waals surface area (Å²) < 4.78 is 72.2. The molecule has 1 spiro atoms. The van der Waals surface area contributed by atoms with E-state index in [2.05, 4.69) is 62.8 Å². The normalized spacial score (nSPS) is 21.9. The molecule has 1 aliphatic carbocycles. The number of benzene rings is 2. The number of hydrogen-bond acceptors (Lipinski definition) is 9. The Morgan fingerprint density at radius 2 is 1.74 bits per heavy atom. The Balaban J connectivity index is 1.33. The number of ether oxygens (including phenoxy) is 4. The third-order valence-corrected chi connectivity index (χ3v) is 19.9. The van der Waals surface area contributed by atoms with Crippen LogP contribution >= 0.6 is 0 Å². The Hall–Kier alpha value is -3.96. The summed E-state index contributed by atoms with van der Waals surface area (Å²) in [7, 11) is -0.767. The summed E-state index contributed by atoms with van der Waals surface area (Å²) in [4.78, 5) is 18.9. The predicted molar refractivity (Wildman–Crippen MR) is 224 cm³/mol. The molecule has 0 N–H and O–H groups in total. The number of anilines is 1. The number of nitrogens with zero attached hydrogens (tertiary/aromatic N) is 5. The molecule has 2 atom stereocenters. The van der Waals surface area contributed by atoms with E-state index in [4.69, 9.17) is 33.9 Å². The van der Waals surface area contributed by atoms with Crippen molar-refractivity contribution in [1.82, 2.24) is 19.9 Å². The molecule has 4 fully saturated rings. The van der Waals surface area contributed by atoms with Gasteiger partial charge in [-0.3, -0.25) is 9.88 Å². The van der Waals surface area contributed by atoms with Crippen molar-refractivity contribution < 1.29 is 32.1 Å². The van der Waals surface area contributed by atoms with Gasteiger partial charge in [0.15, 0.2) is 12.6 Å². The molecule has 0 radical (unpaired) electrons. The Kier molecular flexibility index (Phi) is 11.2. The molecule has 0 amide bonds. The summed E-state index contributed by atoms with van der Waals surface area (Å²) in [6.07, 6.45) is 5.60. The van der Waals surface area contributed by atoms with E-state index in [9.17, 15) is 4.39 Å². The van der Waals surface area contributed by atoms with Crippen molar-refractivity contribution in [2.24, 2.45) is 0 Å². The van der Waals surface area contributed by atoms with E-state index in [1.807, 2.05) is 0 Å². The van der Waals surface area contributed by atoms with Crippen LogP contribution < -0.4 is 14.4 Å². The number of methoxy groups -OCH3 is 1. The zero-order valence-electron chi connectivity index (χ0n) is 34.9. The summed E-state index contributed by atoms with van der Waals surface area (Å²) in [6, 6.07) is 6.56. The quantitative estimate of drug-likeness (QED) is 0.0836. The molecule has 0 unspecified atom stereocenters. The summed E-state index contributed by atoms with van der Waals surface area (Å²) >= 11 is 0. The fraction of sp³-hybridized carbons (Fsp3) is 0.578. The van der Waals surface area contributed by atoms with E-state index >= 15 is 8.78 Å². The minimum absolute atomic E-state index is 0.0262. The maximum absolute atomic E-state index is 17.7. The molecule has 3 saturated heterocycles. The summed E-state index contributed by atoms with van der Waals surface area (Å²) in [5, 5.41) is 1.50. The first-order chi connectivity index (χ1) is 27.8. The zero-order valence-corrected chi connectivity index (χ0v) is 35.9. The van der Waals surface area contributed by atoms with Crippen LogP contribution in [0.5, 0.6) is 11.8 Å². The number of hydrogen-bond donors (Lipinski definition) is 0. The van der Waals surface area contributed by atoms with Crippen molar-refractivity contribution in [1.29, 1.82) is 0 Å². The van der Waals surface area contributed by atoms with Crippen molar-refractivity contribution in [3.05, 3.63) is 47.7 Å². The van der Waals surface area contributed by atoms with E-state index < -0.39 is 31.4 Å². The molecule has 58 heavy (non-hydrogen) atoms. The molecule has 0 bridgehead atoms. The number of pyridine rings is 1. The zero-order chi connectivity index (χ0) is 41.0. The molecule has 13 heteroatoms. The molecule has 2 aromatic heterocycles. The highest BCUT2D eigenvalue weighted by Gasteiger charge is 2.51. The average molecular weight is 816 g/mol. The van der Waals surface area contributed by atoms with Gasteiger partial charge in [-0.1, -0.05) is 53.5 Å². The largest absolute Gasteiger partial charge is 0.468 e. The predicted octanol–water partition coefficient (Wildman–Crippen LogP) is 9.39. The smallest absolute Gasteiger partial charge is 0.319 e. The minimum atomic E-state index is -2.29. The summed E-state index contributed by atoms with van der Waals surface area (Å²) in [5.41, 5.74) is 4.58. The number of halogens is 3. The third kappa shape index (κ3) is 7.11. The fourth-order valence-corrected chi connectivity index (χ4v) is 15.8. The monoisotopic (exact) mass is 815 g/mol. The summed E-state index contributed by atoms with van der Waals surface area (Å²) in [5.74, 6) is 3.09. The minimum Gasteiger partial charge on any atom is -0.468 e. The van der Waals surface area contributed by atoms with Crippen molar-refractivity contribution >= 4 is 35.6 Å². The molecule has 1 saturated carbocycles. The Morgan fingerprint density at radius 3 is 2.47 bits per heavy atom. The topological polar surface area (TPSA) is 82.1 Å². The van der Waals surface area contributed by atoms with Gasteiger partial charge in [-0.25, -0.2) is 13.2 Å². The molecule has 3 aliphatic heterocycles. The number of fused-ring (bicyclic) bond motifs is 3. The van der Waals surface area contributed by atoms with Gasteiger partial charge in [0.1, 0.15) is 49.4 Å². The lowest BCUT2D eigenvalue weighted by atomic mass is 9.95. The first-order valence-corrected chi connectivity index (χ1v) is 23.2. The van der Waals surface area contributed by atoms with E-state index in [0.29, 0.717) is 82.6 Å². The molecule has 4 aromatic rings. The molecule has 8 rings (SSSR count). The van der Waals surface area contributed by atoms with Gasteiger partial charge in [-0.15, -0.1) is 5.54 Å². The van der Waals surface area contributed by atoms with Crippen molar-refractivity contribution in [2.75, 3.05) is 58.3 Å². The SMILES string of the molecule is COCOc1cc(-c2ncc3c(N4CCOCCC45CC5)nc(OC[C@@]45CCCN4C[C@H](F)C5)nc3c2F)c2c(C#C[Si](C(C)C)(C(C)C)C(C)C)c(F)ccc2c1. The maximum Gasteiger partial charge on any atom is 0.319 e. The van der Waals surface area contributed by atoms with Gasteiger partial charge >= 0.3 is 6.01 Å². The number of alkyl halides is 1. The third-order valence-electron chi connectivity index (χ3n) is 13.6. The van der Waals surface area contributed by atoms with Crippen molar-refractivity contribution in [3.8, 4) is 34.5 Å². The van der Waals surface area contributed by atoms with E-state index in [-0.39, 0.29) is 41.7 Å². The lowest BCUT2D eigenvalue weighted by molar-refractivity contribution is 0.0512. The molecule has 4 aliphatic rings. The highest BCUT2D eigenvalue weighted by molar-refractivity contribution is 6.90. The van der Waals surface area contributed by atoms with Gasteiger partial charge < -0.3 is 23.8 Å². The standard InChI is InChI=1S/C45H56F3N5O4Si/c1-28(2)58(29(3)4,30(5)6)20-11-34-37(47)10-9-31-21-33(57-27-54-7)22-35(38(31)34)40-39(48)41-36(24-49-40)42(53-17-19-55-18-15-44(53)13-14-44)51-43(50-41)56-26-45-12-8-16-52(45)25-32(46)23-45/h9-10,21-22,24,28-30,32H,8,12-19,23,25-27H2,1-7H3/t32-,45+/m1/s1. The fourth-order valence-electron chi connectivity index (χ4n) is 10.6. The maximum atomic E-state index is 17.7. The van der Waals surface area contributed by atoms with Crippen molar-refractivity contribution in [2.45, 2.75) is 114 Å². The molecular weight excluding hydrogens is 760 g/mol. The van der Waals surface area contributed by atoms with Crippen LogP contribution in [0.15, 0.2) is 30.5 Å². The Bertz CT molecular complexity index is 2240. The number of rotatable bonds is 11. The second-order valence-electron chi connectivity index (χ2n) is 17.8. The lowest BCUT2D eigenvalue weighted by Gasteiger charge is -2.38. The van der Waals surface area contributed by atoms with Crippen LogP contribution in [0.25, 0.3) is 32.9 Å². The highest BCUT2D eigenvalue weighted by atomic mass is 28.3. The van der Waals surface area contributed by atoms with Crippen LogP contribution in [-0.4, -0.2) is 98.5 Å². The van der Waals surface area contributed by atoms with Crippen LogP contribution in [-0.2, 0) is 9.47 Å². The molecular formula is C45H56F3N5O4Si. The van der Waals surface area contributed by atoms with Crippen molar-refractivity contribution in [3.63, 3.8) is 0 Å². The van der Waals surface area contributed by atoms with Gasteiger partial charge in [0.2, 0.25) is 0 Å². The average Bonchev–Trinajstić information content (AvgIpc) is 3.83. The molecule has 9 nitrogen and oxygen atoms in total. The second kappa shape index (κ2) is 15.9. The molecule has 5 heterocycles. The number of aromatic nitrogens is 3. The summed E-state index contributed by atoms with van der Waals surface area (Å²) in [6.45, 7) is 16.3.